The molecule has 0 saturated heterocycles. The van der Waals surface area contributed by atoms with Crippen LogP contribution in [0.4, 0.5) is 10.1 Å². The molecule has 1 N–H and O–H groups in total. The van der Waals surface area contributed by atoms with E-state index in [1.807, 2.05) is 12.1 Å². The van der Waals surface area contributed by atoms with Gasteiger partial charge in [0.25, 0.3) is 0 Å². The zero-order valence-corrected chi connectivity index (χ0v) is 12.1. The molecule has 0 aliphatic carbocycles. The van der Waals surface area contributed by atoms with E-state index in [1.54, 1.807) is 24.5 Å². The molecule has 2 aromatic heterocycles. The number of nitrogens with zero attached hydrogens (tertiary/aromatic N) is 2. The lowest BCUT2D eigenvalue weighted by atomic mass is 10.2. The number of rotatable bonds is 3. The van der Waals surface area contributed by atoms with Crippen molar-refractivity contribution in [1.29, 1.82) is 0 Å². The molecular weight excluding hydrogens is 321 g/mol. The standard InChI is InChI=1S/C15H11BrFN3/c16-11-7-14-15(20-9-11)13(5-6-18-14)19-8-10-1-3-12(17)4-2-10/h1-7,9H,8H2,(H,18,19). The van der Waals surface area contributed by atoms with Crippen molar-refractivity contribution >= 4 is 32.7 Å². The van der Waals surface area contributed by atoms with Crippen LogP contribution >= 0.6 is 15.9 Å². The molecule has 1 aromatic carbocycles. The Hall–Kier alpha value is -2.01. The van der Waals surface area contributed by atoms with Gasteiger partial charge < -0.3 is 5.32 Å². The quantitative estimate of drug-likeness (QED) is 0.783. The van der Waals surface area contributed by atoms with Crippen LogP contribution in [0.15, 0.2) is 53.3 Å². The third-order valence-corrected chi connectivity index (χ3v) is 3.37. The summed E-state index contributed by atoms with van der Waals surface area (Å²) in [6.45, 7) is 0.608. The van der Waals surface area contributed by atoms with Crippen molar-refractivity contribution in [3.8, 4) is 0 Å². The number of hydrogen-bond acceptors (Lipinski definition) is 3. The predicted molar refractivity (Wildman–Crippen MR) is 81.0 cm³/mol. The summed E-state index contributed by atoms with van der Waals surface area (Å²) in [6.07, 6.45) is 3.48. The normalized spacial score (nSPS) is 10.7. The Morgan fingerprint density at radius 2 is 1.90 bits per heavy atom. The third kappa shape index (κ3) is 2.77. The fraction of sp³-hybridized carbons (Fsp3) is 0.0667. The first-order valence-electron chi connectivity index (χ1n) is 6.11. The monoisotopic (exact) mass is 331 g/mol. The molecular formula is C15H11BrFN3. The Morgan fingerprint density at radius 1 is 1.10 bits per heavy atom. The van der Waals surface area contributed by atoms with Gasteiger partial charge in [0.1, 0.15) is 11.3 Å². The van der Waals surface area contributed by atoms with Crippen LogP contribution in [0.5, 0.6) is 0 Å². The molecule has 0 aliphatic heterocycles. The van der Waals surface area contributed by atoms with E-state index in [0.29, 0.717) is 6.54 Å². The van der Waals surface area contributed by atoms with Crippen molar-refractivity contribution in [2.24, 2.45) is 0 Å². The van der Waals surface area contributed by atoms with Gasteiger partial charge in [0.05, 0.1) is 11.2 Å². The number of hydrogen-bond donors (Lipinski definition) is 1. The van der Waals surface area contributed by atoms with Crippen LogP contribution in [0.1, 0.15) is 5.56 Å². The SMILES string of the molecule is Fc1ccc(CNc2ccnc3cc(Br)cnc23)cc1. The number of nitrogens with one attached hydrogen (secondary N) is 1. The Labute approximate surface area is 124 Å². The van der Waals surface area contributed by atoms with Crippen molar-refractivity contribution in [3.05, 3.63) is 64.6 Å². The third-order valence-electron chi connectivity index (χ3n) is 2.94. The van der Waals surface area contributed by atoms with Crippen LogP contribution in [-0.4, -0.2) is 9.97 Å². The largest absolute Gasteiger partial charge is 0.379 e. The Kier molecular flexibility index (Phi) is 3.60. The maximum absolute atomic E-state index is 12.9. The van der Waals surface area contributed by atoms with E-state index in [9.17, 15) is 4.39 Å². The number of halogens is 2. The van der Waals surface area contributed by atoms with E-state index >= 15 is 0 Å². The lowest BCUT2D eigenvalue weighted by Gasteiger charge is -2.09. The summed E-state index contributed by atoms with van der Waals surface area (Å²) in [5.74, 6) is -0.227. The molecule has 0 atom stereocenters. The van der Waals surface area contributed by atoms with Crippen LogP contribution in [-0.2, 0) is 6.54 Å². The van der Waals surface area contributed by atoms with Gasteiger partial charge in [-0.25, -0.2) is 4.39 Å². The highest BCUT2D eigenvalue weighted by molar-refractivity contribution is 9.10. The molecule has 5 heteroatoms. The second-order valence-corrected chi connectivity index (χ2v) is 5.28. The zero-order chi connectivity index (χ0) is 13.9. The topological polar surface area (TPSA) is 37.8 Å². The average molecular weight is 332 g/mol. The Morgan fingerprint density at radius 3 is 2.70 bits per heavy atom. The van der Waals surface area contributed by atoms with E-state index in [0.717, 1.165) is 26.8 Å². The van der Waals surface area contributed by atoms with Gasteiger partial charge in [0, 0.05) is 23.4 Å². The molecule has 0 spiro atoms. The second-order valence-electron chi connectivity index (χ2n) is 4.36. The molecule has 3 rings (SSSR count). The first-order valence-corrected chi connectivity index (χ1v) is 6.90. The van der Waals surface area contributed by atoms with E-state index in [2.05, 4.69) is 31.2 Å². The highest BCUT2D eigenvalue weighted by Gasteiger charge is 2.04. The van der Waals surface area contributed by atoms with Crippen LogP contribution in [0.3, 0.4) is 0 Å². The first-order chi connectivity index (χ1) is 9.72. The molecule has 100 valence electrons. The minimum Gasteiger partial charge on any atom is -0.379 e. The van der Waals surface area contributed by atoms with Crippen LogP contribution in [0, 0.1) is 5.82 Å². The highest BCUT2D eigenvalue weighted by atomic mass is 79.9. The lowest BCUT2D eigenvalue weighted by Crippen LogP contribution is -2.01. The molecule has 2 heterocycles. The molecule has 0 radical (unpaired) electrons. The van der Waals surface area contributed by atoms with Crippen molar-refractivity contribution in [1.82, 2.24) is 9.97 Å². The van der Waals surface area contributed by atoms with Gasteiger partial charge in [0.2, 0.25) is 0 Å². The number of fused-ring (bicyclic) bond motifs is 1. The molecule has 0 aliphatic rings. The fourth-order valence-electron chi connectivity index (χ4n) is 1.95. The first kappa shape index (κ1) is 13.0. The number of benzene rings is 1. The van der Waals surface area contributed by atoms with Crippen molar-refractivity contribution in [2.45, 2.75) is 6.54 Å². The Balaban J connectivity index is 1.85. The summed E-state index contributed by atoms with van der Waals surface area (Å²) < 4.78 is 13.7. The second kappa shape index (κ2) is 5.54. The average Bonchev–Trinajstić information content (AvgIpc) is 2.46. The van der Waals surface area contributed by atoms with Gasteiger partial charge in [-0.2, -0.15) is 0 Å². The van der Waals surface area contributed by atoms with Gasteiger partial charge in [-0.1, -0.05) is 12.1 Å². The molecule has 3 aromatic rings. The van der Waals surface area contributed by atoms with E-state index < -0.39 is 0 Å². The summed E-state index contributed by atoms with van der Waals surface area (Å²) in [5.41, 5.74) is 3.56. The molecule has 0 saturated carbocycles. The summed E-state index contributed by atoms with van der Waals surface area (Å²) in [5, 5.41) is 3.30. The minimum atomic E-state index is -0.227. The van der Waals surface area contributed by atoms with Gasteiger partial charge in [-0.05, 0) is 45.8 Å². The molecule has 3 nitrogen and oxygen atoms in total. The van der Waals surface area contributed by atoms with E-state index in [4.69, 9.17) is 0 Å². The summed E-state index contributed by atoms with van der Waals surface area (Å²) >= 11 is 3.38. The van der Waals surface area contributed by atoms with E-state index in [-0.39, 0.29) is 5.82 Å². The van der Waals surface area contributed by atoms with Gasteiger partial charge in [0.15, 0.2) is 0 Å². The Bertz CT molecular complexity index is 744. The van der Waals surface area contributed by atoms with Crippen LogP contribution in [0.2, 0.25) is 0 Å². The zero-order valence-electron chi connectivity index (χ0n) is 10.5. The molecule has 20 heavy (non-hydrogen) atoms. The number of aromatic nitrogens is 2. The number of anilines is 1. The maximum Gasteiger partial charge on any atom is 0.123 e. The smallest absolute Gasteiger partial charge is 0.123 e. The van der Waals surface area contributed by atoms with Crippen LogP contribution < -0.4 is 5.32 Å². The molecule has 0 bridgehead atoms. The highest BCUT2D eigenvalue weighted by Crippen LogP contribution is 2.22. The summed E-state index contributed by atoms with van der Waals surface area (Å²) in [6, 6.07) is 10.2. The van der Waals surface area contributed by atoms with Crippen molar-refractivity contribution in [2.75, 3.05) is 5.32 Å². The molecule has 0 unspecified atom stereocenters. The lowest BCUT2D eigenvalue weighted by molar-refractivity contribution is 0.627. The van der Waals surface area contributed by atoms with Crippen molar-refractivity contribution in [3.63, 3.8) is 0 Å². The molecule has 0 amide bonds. The van der Waals surface area contributed by atoms with Gasteiger partial charge in [-0.15, -0.1) is 0 Å². The fourth-order valence-corrected chi connectivity index (χ4v) is 2.27. The van der Waals surface area contributed by atoms with Crippen LogP contribution in [0.25, 0.3) is 11.0 Å². The predicted octanol–water partition coefficient (Wildman–Crippen LogP) is 4.14. The van der Waals surface area contributed by atoms with Gasteiger partial charge >= 0.3 is 0 Å². The van der Waals surface area contributed by atoms with Crippen molar-refractivity contribution < 1.29 is 4.39 Å². The summed E-state index contributed by atoms with van der Waals surface area (Å²) in [7, 11) is 0. The van der Waals surface area contributed by atoms with E-state index in [1.165, 1.54) is 12.1 Å². The summed E-state index contributed by atoms with van der Waals surface area (Å²) in [4.78, 5) is 8.66. The molecule has 0 fully saturated rings. The maximum atomic E-state index is 12.9. The minimum absolute atomic E-state index is 0.227. The van der Waals surface area contributed by atoms with Gasteiger partial charge in [-0.3, -0.25) is 9.97 Å². The number of pyridine rings is 2.